The molecular formula is C18H15F3N2S. The first-order chi connectivity index (χ1) is 11.4. The van der Waals surface area contributed by atoms with Gasteiger partial charge >= 0.3 is 6.18 Å². The Labute approximate surface area is 142 Å². The Morgan fingerprint density at radius 2 is 2.08 bits per heavy atom. The summed E-state index contributed by atoms with van der Waals surface area (Å²) in [6.45, 7) is 1.96. The second-order valence-corrected chi connectivity index (χ2v) is 6.80. The lowest BCUT2D eigenvalue weighted by Gasteiger charge is -2.16. The third-order valence-corrected chi connectivity index (χ3v) is 5.09. The highest BCUT2D eigenvalue weighted by Crippen LogP contribution is 2.42. The van der Waals surface area contributed by atoms with Crippen molar-refractivity contribution in [3.8, 4) is 6.07 Å². The van der Waals surface area contributed by atoms with E-state index in [1.54, 1.807) is 6.07 Å². The maximum atomic E-state index is 13.5. The van der Waals surface area contributed by atoms with Crippen LogP contribution in [0.15, 0.2) is 29.3 Å². The number of alkyl halides is 3. The van der Waals surface area contributed by atoms with Gasteiger partial charge in [0, 0.05) is 11.4 Å². The monoisotopic (exact) mass is 348 g/mol. The molecule has 0 aliphatic heterocycles. The Morgan fingerprint density at radius 1 is 1.29 bits per heavy atom. The van der Waals surface area contributed by atoms with Crippen LogP contribution in [0.1, 0.15) is 39.9 Å². The van der Waals surface area contributed by atoms with E-state index in [9.17, 15) is 18.4 Å². The van der Waals surface area contributed by atoms with Gasteiger partial charge < -0.3 is 0 Å². The molecule has 124 valence electrons. The molecule has 1 aliphatic rings. The smallest absolute Gasteiger partial charge is 0.245 e. The highest BCUT2D eigenvalue weighted by molar-refractivity contribution is 7.98. The van der Waals surface area contributed by atoms with Crippen LogP contribution < -0.4 is 0 Å². The summed E-state index contributed by atoms with van der Waals surface area (Å²) in [5.41, 5.74) is 1.68. The Morgan fingerprint density at radius 3 is 2.75 bits per heavy atom. The lowest BCUT2D eigenvalue weighted by Crippen LogP contribution is -2.14. The molecular weight excluding hydrogens is 333 g/mol. The molecule has 0 spiro atoms. The van der Waals surface area contributed by atoms with Crippen LogP contribution in [0.25, 0.3) is 0 Å². The first-order valence-corrected chi connectivity index (χ1v) is 8.60. The summed E-state index contributed by atoms with van der Waals surface area (Å²) in [5.74, 6) is 0.486. The molecule has 0 amide bonds. The normalized spacial score (nSPS) is 13.6. The maximum absolute atomic E-state index is 13.5. The molecule has 0 atom stereocenters. The molecule has 1 aliphatic carbocycles. The minimum absolute atomic E-state index is 0.187. The summed E-state index contributed by atoms with van der Waals surface area (Å²) in [4.78, 5) is 4.38. The summed E-state index contributed by atoms with van der Waals surface area (Å²) in [6.07, 6.45) is -2.99. The van der Waals surface area contributed by atoms with Crippen LogP contribution in [0.4, 0.5) is 13.2 Å². The topological polar surface area (TPSA) is 36.7 Å². The zero-order chi connectivity index (χ0) is 17.3. The summed E-state index contributed by atoms with van der Waals surface area (Å²) >= 11 is 1.20. The number of nitriles is 1. The van der Waals surface area contributed by atoms with Crippen molar-refractivity contribution in [3.63, 3.8) is 0 Å². The number of aryl methyl sites for hydroxylation is 2. The first-order valence-electron chi connectivity index (χ1n) is 7.61. The quantitative estimate of drug-likeness (QED) is 0.727. The van der Waals surface area contributed by atoms with Gasteiger partial charge in [0.25, 0.3) is 0 Å². The van der Waals surface area contributed by atoms with Crippen molar-refractivity contribution < 1.29 is 13.2 Å². The van der Waals surface area contributed by atoms with E-state index in [2.05, 4.69) is 4.98 Å². The number of pyridine rings is 1. The van der Waals surface area contributed by atoms with Gasteiger partial charge in [0.15, 0.2) is 0 Å². The SMILES string of the molecule is Cc1cccc(CSc2nc3c(c(C(F)(F)F)c2C#N)CCC3)c1. The Kier molecular flexibility index (Phi) is 4.55. The molecule has 1 aromatic heterocycles. The minimum Gasteiger partial charge on any atom is -0.245 e. The third kappa shape index (κ3) is 3.27. The van der Waals surface area contributed by atoms with Gasteiger partial charge in [-0.25, -0.2) is 4.98 Å². The van der Waals surface area contributed by atoms with Crippen LogP contribution in [0.5, 0.6) is 0 Å². The molecule has 0 unspecified atom stereocenters. The van der Waals surface area contributed by atoms with Gasteiger partial charge in [-0.05, 0) is 37.3 Å². The molecule has 0 radical (unpaired) electrons. The third-order valence-electron chi connectivity index (χ3n) is 4.04. The zero-order valence-corrected chi connectivity index (χ0v) is 13.9. The summed E-state index contributed by atoms with van der Waals surface area (Å²) in [7, 11) is 0. The number of rotatable bonds is 3. The number of benzene rings is 1. The van der Waals surface area contributed by atoms with Crippen LogP contribution >= 0.6 is 11.8 Å². The van der Waals surface area contributed by atoms with Crippen molar-refractivity contribution in [2.24, 2.45) is 0 Å². The van der Waals surface area contributed by atoms with Crippen molar-refractivity contribution in [2.45, 2.75) is 43.1 Å². The van der Waals surface area contributed by atoms with E-state index in [1.807, 2.05) is 31.2 Å². The van der Waals surface area contributed by atoms with E-state index in [4.69, 9.17) is 0 Å². The van der Waals surface area contributed by atoms with E-state index >= 15 is 0 Å². The minimum atomic E-state index is -4.53. The number of halogens is 3. The molecule has 0 fully saturated rings. The van der Waals surface area contributed by atoms with Gasteiger partial charge in [0.05, 0.1) is 11.1 Å². The number of aromatic nitrogens is 1. The summed E-state index contributed by atoms with van der Waals surface area (Å²) in [5, 5.41) is 9.52. The number of fused-ring (bicyclic) bond motifs is 1. The molecule has 1 aromatic carbocycles. The predicted octanol–water partition coefficient (Wildman–Crippen LogP) is 5.06. The molecule has 0 saturated heterocycles. The standard InChI is InChI=1S/C18H15F3N2S/c1-11-4-2-5-12(8-11)10-24-17-14(9-22)16(18(19,20)21)13-6-3-7-15(13)23-17/h2,4-5,8H,3,6-7,10H2,1H3. The number of nitrogens with zero attached hydrogens (tertiary/aromatic N) is 2. The molecule has 0 bridgehead atoms. The second-order valence-electron chi connectivity index (χ2n) is 5.83. The molecule has 1 heterocycles. The van der Waals surface area contributed by atoms with Gasteiger partial charge in [0.2, 0.25) is 0 Å². The Balaban J connectivity index is 2.01. The fourth-order valence-corrected chi connectivity index (χ4v) is 3.98. The molecule has 24 heavy (non-hydrogen) atoms. The molecule has 6 heteroatoms. The fraction of sp³-hybridized carbons (Fsp3) is 0.333. The maximum Gasteiger partial charge on any atom is 0.418 e. The fourth-order valence-electron chi connectivity index (χ4n) is 3.03. The van der Waals surface area contributed by atoms with E-state index in [1.165, 1.54) is 11.8 Å². The second kappa shape index (κ2) is 6.48. The lowest BCUT2D eigenvalue weighted by molar-refractivity contribution is -0.138. The van der Waals surface area contributed by atoms with E-state index in [-0.39, 0.29) is 16.2 Å². The van der Waals surface area contributed by atoms with Gasteiger partial charge in [-0.15, -0.1) is 11.8 Å². The van der Waals surface area contributed by atoms with Crippen LogP contribution in [0.3, 0.4) is 0 Å². The van der Waals surface area contributed by atoms with Gasteiger partial charge in [-0.3, -0.25) is 0 Å². The molecule has 2 aromatic rings. The molecule has 0 N–H and O–H groups in total. The van der Waals surface area contributed by atoms with Crippen LogP contribution in [0.2, 0.25) is 0 Å². The summed E-state index contributed by atoms with van der Waals surface area (Å²) in [6, 6.07) is 9.52. The van der Waals surface area contributed by atoms with E-state index < -0.39 is 11.7 Å². The van der Waals surface area contributed by atoms with Crippen molar-refractivity contribution in [1.29, 1.82) is 5.26 Å². The van der Waals surface area contributed by atoms with Crippen LogP contribution in [0, 0.1) is 18.3 Å². The van der Waals surface area contributed by atoms with Crippen LogP contribution in [-0.2, 0) is 24.8 Å². The molecule has 0 saturated carbocycles. The lowest BCUT2D eigenvalue weighted by atomic mass is 10.0. The Bertz CT molecular complexity index is 822. The van der Waals surface area contributed by atoms with Crippen molar-refractivity contribution in [3.05, 3.63) is 57.8 Å². The predicted molar refractivity (Wildman–Crippen MR) is 86.7 cm³/mol. The number of hydrogen-bond donors (Lipinski definition) is 0. The average Bonchev–Trinajstić information content (AvgIpc) is 2.98. The highest BCUT2D eigenvalue weighted by atomic mass is 32.2. The Hall–Kier alpha value is -2.00. The van der Waals surface area contributed by atoms with E-state index in [0.717, 1.165) is 11.1 Å². The highest BCUT2D eigenvalue weighted by Gasteiger charge is 2.40. The molecule has 2 nitrogen and oxygen atoms in total. The number of hydrogen-bond acceptors (Lipinski definition) is 3. The zero-order valence-electron chi connectivity index (χ0n) is 13.1. The van der Waals surface area contributed by atoms with Gasteiger partial charge in [-0.2, -0.15) is 18.4 Å². The largest absolute Gasteiger partial charge is 0.418 e. The number of thioether (sulfide) groups is 1. The van der Waals surface area contributed by atoms with Crippen molar-refractivity contribution in [1.82, 2.24) is 4.98 Å². The van der Waals surface area contributed by atoms with Crippen LogP contribution in [-0.4, -0.2) is 4.98 Å². The van der Waals surface area contributed by atoms with E-state index in [0.29, 0.717) is 30.7 Å². The molecule has 3 rings (SSSR count). The summed E-state index contributed by atoms with van der Waals surface area (Å²) < 4.78 is 40.5. The van der Waals surface area contributed by atoms with Crippen molar-refractivity contribution >= 4 is 11.8 Å². The van der Waals surface area contributed by atoms with Gasteiger partial charge in [-0.1, -0.05) is 29.8 Å². The van der Waals surface area contributed by atoms with Crippen molar-refractivity contribution in [2.75, 3.05) is 0 Å². The average molecular weight is 348 g/mol. The van der Waals surface area contributed by atoms with Gasteiger partial charge in [0.1, 0.15) is 11.1 Å². The first kappa shape index (κ1) is 16.8.